The summed E-state index contributed by atoms with van der Waals surface area (Å²) in [6.45, 7) is 2.33. The van der Waals surface area contributed by atoms with Gasteiger partial charge in [-0.3, -0.25) is 19.2 Å². The highest BCUT2D eigenvalue weighted by atomic mass is 16.6. The van der Waals surface area contributed by atoms with Crippen molar-refractivity contribution < 1.29 is 28.7 Å². The molecule has 1 aliphatic rings. The second-order valence-corrected chi connectivity index (χ2v) is 5.65. The summed E-state index contributed by atoms with van der Waals surface area (Å²) in [4.78, 5) is 48.9. The van der Waals surface area contributed by atoms with Crippen molar-refractivity contribution in [3.63, 3.8) is 0 Å². The Morgan fingerprint density at radius 2 is 1.38 bits per heavy atom. The number of nitrogens with one attached hydrogen (secondary N) is 1. The lowest BCUT2D eigenvalue weighted by Gasteiger charge is -2.23. The molecule has 7 nitrogen and oxygen atoms in total. The van der Waals surface area contributed by atoms with Crippen LogP contribution < -0.4 is 14.8 Å². The number of anilines is 1. The van der Waals surface area contributed by atoms with Gasteiger partial charge in [0, 0.05) is 37.6 Å². The predicted octanol–water partition coefficient (Wildman–Crippen LogP) is 2.35. The van der Waals surface area contributed by atoms with Gasteiger partial charge in [0.15, 0.2) is 23.1 Å². The zero-order chi connectivity index (χ0) is 19.0. The fourth-order valence-electron chi connectivity index (χ4n) is 2.88. The third kappa shape index (κ3) is 2.73. The van der Waals surface area contributed by atoms with Gasteiger partial charge < -0.3 is 14.8 Å². The molecule has 132 valence electrons. The van der Waals surface area contributed by atoms with E-state index in [1.54, 1.807) is 25.2 Å². The summed E-state index contributed by atoms with van der Waals surface area (Å²) < 4.78 is 10.4. The van der Waals surface area contributed by atoms with Crippen molar-refractivity contribution in [2.45, 2.75) is 13.8 Å². The molecule has 0 aromatic heterocycles. The smallest absolute Gasteiger partial charge is 0.308 e. The van der Waals surface area contributed by atoms with Gasteiger partial charge in [0.2, 0.25) is 0 Å². The lowest BCUT2D eigenvalue weighted by molar-refractivity contribution is -0.134. The maximum atomic E-state index is 13.0. The molecule has 0 fully saturated rings. The Labute approximate surface area is 148 Å². The molecule has 3 rings (SSSR count). The first-order valence-electron chi connectivity index (χ1n) is 7.79. The predicted molar refractivity (Wildman–Crippen MR) is 91.9 cm³/mol. The van der Waals surface area contributed by atoms with Crippen molar-refractivity contribution in [1.29, 1.82) is 0 Å². The van der Waals surface area contributed by atoms with Gasteiger partial charge in [0.1, 0.15) is 0 Å². The molecule has 0 saturated heterocycles. The van der Waals surface area contributed by atoms with Gasteiger partial charge >= 0.3 is 11.9 Å². The molecule has 0 spiro atoms. The Morgan fingerprint density at radius 3 is 1.92 bits per heavy atom. The quantitative estimate of drug-likeness (QED) is 0.570. The van der Waals surface area contributed by atoms with E-state index in [-0.39, 0.29) is 45.2 Å². The SMILES string of the molecule is CNc1cc2c(c(OC(C)=O)c1OC(C)=O)C(=O)c1ccccc1C2=O. The van der Waals surface area contributed by atoms with Crippen LogP contribution in [0.2, 0.25) is 0 Å². The lowest BCUT2D eigenvalue weighted by atomic mass is 9.83. The molecule has 7 heteroatoms. The maximum Gasteiger partial charge on any atom is 0.308 e. The molecule has 0 radical (unpaired) electrons. The number of carbonyl (C=O) groups excluding carboxylic acids is 4. The third-order valence-corrected chi connectivity index (χ3v) is 3.88. The molecule has 1 N–H and O–H groups in total. The fourth-order valence-corrected chi connectivity index (χ4v) is 2.88. The second kappa shape index (κ2) is 6.44. The van der Waals surface area contributed by atoms with Crippen LogP contribution in [0.4, 0.5) is 5.69 Å². The Morgan fingerprint density at radius 1 is 0.846 bits per heavy atom. The summed E-state index contributed by atoms with van der Waals surface area (Å²) in [5, 5.41) is 2.79. The largest absolute Gasteiger partial charge is 0.422 e. The van der Waals surface area contributed by atoms with Gasteiger partial charge in [-0.2, -0.15) is 0 Å². The number of hydrogen-bond donors (Lipinski definition) is 1. The van der Waals surface area contributed by atoms with E-state index in [0.717, 1.165) is 6.92 Å². The Hall–Kier alpha value is -3.48. The first-order chi connectivity index (χ1) is 12.3. The number of benzene rings is 2. The van der Waals surface area contributed by atoms with E-state index < -0.39 is 17.7 Å². The molecule has 0 saturated carbocycles. The number of esters is 2. The fraction of sp³-hybridized carbons (Fsp3) is 0.158. The van der Waals surface area contributed by atoms with Gasteiger partial charge in [-0.1, -0.05) is 24.3 Å². The van der Waals surface area contributed by atoms with Crippen LogP contribution in [0, 0.1) is 0 Å². The summed E-state index contributed by atoms with van der Waals surface area (Å²) in [6, 6.07) is 7.79. The molecule has 26 heavy (non-hydrogen) atoms. The third-order valence-electron chi connectivity index (χ3n) is 3.88. The van der Waals surface area contributed by atoms with Crippen LogP contribution in [0.3, 0.4) is 0 Å². The van der Waals surface area contributed by atoms with Crippen LogP contribution in [-0.2, 0) is 9.59 Å². The molecule has 0 bridgehead atoms. The number of fused-ring (bicyclic) bond motifs is 2. The topological polar surface area (TPSA) is 98.8 Å². The van der Waals surface area contributed by atoms with E-state index in [4.69, 9.17) is 9.47 Å². The lowest BCUT2D eigenvalue weighted by Crippen LogP contribution is -2.23. The summed E-state index contributed by atoms with van der Waals surface area (Å²) in [6.07, 6.45) is 0. The van der Waals surface area contributed by atoms with Crippen molar-refractivity contribution in [2.24, 2.45) is 0 Å². The van der Waals surface area contributed by atoms with Gasteiger partial charge in [-0.15, -0.1) is 0 Å². The van der Waals surface area contributed by atoms with Crippen LogP contribution in [-0.4, -0.2) is 30.6 Å². The molecule has 0 heterocycles. The second-order valence-electron chi connectivity index (χ2n) is 5.65. The molecule has 0 atom stereocenters. The van der Waals surface area contributed by atoms with Crippen LogP contribution >= 0.6 is 0 Å². The average Bonchev–Trinajstić information content (AvgIpc) is 2.60. The molecule has 0 amide bonds. The minimum atomic E-state index is -0.715. The van der Waals surface area contributed by atoms with Crippen LogP contribution in [0.5, 0.6) is 11.5 Å². The number of rotatable bonds is 3. The molecular formula is C19H15NO6. The van der Waals surface area contributed by atoms with Crippen LogP contribution in [0.1, 0.15) is 45.7 Å². The average molecular weight is 353 g/mol. The zero-order valence-corrected chi connectivity index (χ0v) is 14.3. The molecule has 0 unspecified atom stereocenters. The van der Waals surface area contributed by atoms with Gasteiger partial charge in [-0.05, 0) is 6.07 Å². The summed E-state index contributed by atoms with van der Waals surface area (Å²) in [5.74, 6) is -2.60. The first kappa shape index (κ1) is 17.3. The number of carbonyl (C=O) groups is 4. The minimum absolute atomic E-state index is 0.0743. The Kier molecular flexibility index (Phi) is 4.29. The summed E-state index contributed by atoms with van der Waals surface area (Å²) in [7, 11) is 1.55. The van der Waals surface area contributed by atoms with Crippen molar-refractivity contribution in [1.82, 2.24) is 0 Å². The van der Waals surface area contributed by atoms with Crippen molar-refractivity contribution in [3.8, 4) is 11.5 Å². The van der Waals surface area contributed by atoms with Crippen molar-refractivity contribution in [3.05, 3.63) is 52.6 Å². The standard InChI is InChI=1S/C19H15NO6/c1-9(21)25-18-14(20-3)8-13-15(19(18)26-10(2)22)17(24)12-7-5-4-6-11(12)16(13)23/h4-8,20H,1-3H3. The normalized spacial score (nSPS) is 12.1. The Balaban J connectivity index is 2.36. The van der Waals surface area contributed by atoms with E-state index in [2.05, 4.69) is 5.32 Å². The summed E-state index contributed by atoms with van der Waals surface area (Å²) >= 11 is 0. The minimum Gasteiger partial charge on any atom is -0.422 e. The van der Waals surface area contributed by atoms with Gasteiger partial charge in [-0.25, -0.2) is 0 Å². The summed E-state index contributed by atoms with van der Waals surface area (Å²) in [5.41, 5.74) is 0.686. The number of ether oxygens (including phenoxy) is 2. The molecule has 2 aromatic carbocycles. The zero-order valence-electron chi connectivity index (χ0n) is 14.3. The first-order valence-corrected chi connectivity index (χ1v) is 7.79. The van der Waals surface area contributed by atoms with E-state index in [9.17, 15) is 19.2 Å². The monoisotopic (exact) mass is 353 g/mol. The Bertz CT molecular complexity index is 976. The highest BCUT2D eigenvalue weighted by Crippen LogP contribution is 2.44. The van der Waals surface area contributed by atoms with Crippen molar-refractivity contribution >= 4 is 29.2 Å². The van der Waals surface area contributed by atoms with E-state index in [1.165, 1.54) is 19.1 Å². The van der Waals surface area contributed by atoms with Crippen LogP contribution in [0.25, 0.3) is 0 Å². The number of ketones is 2. The number of hydrogen-bond acceptors (Lipinski definition) is 7. The van der Waals surface area contributed by atoms with Crippen molar-refractivity contribution in [2.75, 3.05) is 12.4 Å². The van der Waals surface area contributed by atoms with Gasteiger partial charge in [0.25, 0.3) is 0 Å². The maximum absolute atomic E-state index is 13.0. The van der Waals surface area contributed by atoms with E-state index in [0.29, 0.717) is 0 Å². The highest BCUT2D eigenvalue weighted by Gasteiger charge is 2.36. The molecule has 2 aromatic rings. The van der Waals surface area contributed by atoms with E-state index >= 15 is 0 Å². The molecular weight excluding hydrogens is 338 g/mol. The van der Waals surface area contributed by atoms with Crippen LogP contribution in [0.15, 0.2) is 30.3 Å². The molecule has 0 aliphatic heterocycles. The van der Waals surface area contributed by atoms with Gasteiger partial charge in [0.05, 0.1) is 11.3 Å². The highest BCUT2D eigenvalue weighted by molar-refractivity contribution is 6.30. The van der Waals surface area contributed by atoms with E-state index in [1.807, 2.05) is 0 Å². The molecule has 1 aliphatic carbocycles.